The van der Waals surface area contributed by atoms with E-state index in [1.807, 2.05) is 23.6 Å². The van der Waals surface area contributed by atoms with E-state index in [1.54, 1.807) is 48.0 Å². The summed E-state index contributed by atoms with van der Waals surface area (Å²) in [5.41, 5.74) is 6.75. The van der Waals surface area contributed by atoms with Gasteiger partial charge in [-0.25, -0.2) is 15.4 Å². The molecule has 5 aromatic rings. The number of H-pyrrole nitrogens is 1. The number of aromatic nitrogens is 3. The number of nitrogens with zero attached hydrogens (tertiary/aromatic N) is 3. The fourth-order valence-corrected chi connectivity index (χ4v) is 4.72. The molecule has 1 aliphatic heterocycles. The third-order valence-electron chi connectivity index (χ3n) is 5.83. The lowest BCUT2D eigenvalue weighted by Gasteiger charge is -2.06. The highest BCUT2D eigenvalue weighted by molar-refractivity contribution is 7.09. The molecule has 0 saturated carbocycles. The number of hydrogen-bond acceptors (Lipinski definition) is 9. The topological polar surface area (TPSA) is 131 Å². The predicted octanol–water partition coefficient (Wildman–Crippen LogP) is 4.39. The Morgan fingerprint density at radius 1 is 1.16 bits per heavy atom. The number of phenolic OH excluding ortho intramolecular Hbond substituents is 1. The van der Waals surface area contributed by atoms with E-state index in [4.69, 9.17) is 14.2 Å². The first kappa shape index (κ1) is 23.5. The number of phenols is 1. The Labute approximate surface area is 220 Å². The number of ether oxygens (including phenoxy) is 3. The average Bonchev–Trinajstić information content (AvgIpc) is 3.69. The third kappa shape index (κ3) is 5.13. The lowest BCUT2D eigenvalue weighted by atomic mass is 10.1. The van der Waals surface area contributed by atoms with Crippen LogP contribution in [0.2, 0.25) is 0 Å². The van der Waals surface area contributed by atoms with Crippen LogP contribution in [0.25, 0.3) is 11.0 Å². The molecule has 10 nitrogen and oxygen atoms in total. The van der Waals surface area contributed by atoms with Crippen molar-refractivity contribution in [2.24, 2.45) is 5.10 Å². The summed E-state index contributed by atoms with van der Waals surface area (Å²) in [7, 11) is 0. The molecule has 0 atom stereocenters. The maximum absolute atomic E-state index is 12.4. The van der Waals surface area contributed by atoms with Gasteiger partial charge in [-0.15, -0.1) is 11.3 Å². The van der Waals surface area contributed by atoms with Crippen molar-refractivity contribution in [1.29, 1.82) is 0 Å². The zero-order chi connectivity index (χ0) is 25.9. The number of aromatic hydroxyl groups is 1. The van der Waals surface area contributed by atoms with Crippen molar-refractivity contribution in [1.82, 2.24) is 20.4 Å². The van der Waals surface area contributed by atoms with Gasteiger partial charge in [-0.05, 0) is 48.0 Å². The molecule has 0 aliphatic carbocycles. The van der Waals surface area contributed by atoms with Gasteiger partial charge in [0, 0.05) is 29.0 Å². The first-order valence-corrected chi connectivity index (χ1v) is 12.5. The van der Waals surface area contributed by atoms with Crippen LogP contribution in [0.4, 0.5) is 0 Å². The number of amides is 1. The molecule has 1 aliphatic rings. The van der Waals surface area contributed by atoms with E-state index in [-0.39, 0.29) is 25.1 Å². The Hall–Kier alpha value is -4.90. The normalized spacial score (nSPS) is 12.3. The monoisotopic (exact) mass is 527 g/mol. The number of aromatic amines is 1. The van der Waals surface area contributed by atoms with Crippen LogP contribution in [0.1, 0.15) is 32.2 Å². The van der Waals surface area contributed by atoms with Crippen LogP contribution in [0.5, 0.6) is 23.0 Å². The lowest BCUT2D eigenvalue weighted by molar-refractivity contribution is 0.0955. The summed E-state index contributed by atoms with van der Waals surface area (Å²) in [4.78, 5) is 24.1. The summed E-state index contributed by atoms with van der Waals surface area (Å²) in [6.45, 7) is 0.517. The van der Waals surface area contributed by atoms with E-state index in [0.717, 1.165) is 38.8 Å². The summed E-state index contributed by atoms with van der Waals surface area (Å²) in [5, 5.41) is 17.2. The zero-order valence-corrected chi connectivity index (χ0v) is 20.7. The van der Waals surface area contributed by atoms with Crippen molar-refractivity contribution in [2.45, 2.75) is 13.0 Å². The molecule has 11 heteroatoms. The van der Waals surface area contributed by atoms with Crippen LogP contribution in [0.15, 0.2) is 71.4 Å². The van der Waals surface area contributed by atoms with Gasteiger partial charge in [0.25, 0.3) is 5.91 Å². The molecule has 0 unspecified atom stereocenters. The van der Waals surface area contributed by atoms with E-state index in [1.165, 1.54) is 12.3 Å². The molecule has 38 heavy (non-hydrogen) atoms. The number of imidazole rings is 1. The second-order valence-electron chi connectivity index (χ2n) is 8.44. The molecule has 3 heterocycles. The highest BCUT2D eigenvalue weighted by Crippen LogP contribution is 2.33. The smallest absolute Gasteiger partial charge is 0.271 e. The Morgan fingerprint density at radius 2 is 2.08 bits per heavy atom. The predicted molar refractivity (Wildman–Crippen MR) is 141 cm³/mol. The van der Waals surface area contributed by atoms with Crippen molar-refractivity contribution in [3.63, 3.8) is 0 Å². The molecule has 0 radical (unpaired) electrons. The Kier molecular flexibility index (Phi) is 6.32. The van der Waals surface area contributed by atoms with Crippen LogP contribution < -0.4 is 19.6 Å². The first-order valence-electron chi connectivity index (χ1n) is 11.6. The molecule has 0 spiro atoms. The second kappa shape index (κ2) is 10.2. The Bertz CT molecular complexity index is 1660. The fraction of sp³-hybridized carbons (Fsp3) is 0.111. The highest BCUT2D eigenvalue weighted by atomic mass is 32.1. The number of thiazole rings is 1. The molecule has 0 saturated heterocycles. The van der Waals surface area contributed by atoms with Crippen molar-refractivity contribution in [3.05, 3.63) is 93.7 Å². The quantitative estimate of drug-likeness (QED) is 0.202. The summed E-state index contributed by atoms with van der Waals surface area (Å²) in [5.74, 6) is 1.60. The highest BCUT2D eigenvalue weighted by Gasteiger charge is 2.14. The summed E-state index contributed by atoms with van der Waals surface area (Å²) in [6, 6.07) is 15.9. The zero-order valence-electron chi connectivity index (χ0n) is 19.9. The largest absolute Gasteiger partial charge is 0.507 e. The van der Waals surface area contributed by atoms with Gasteiger partial charge in [0.15, 0.2) is 11.5 Å². The minimum atomic E-state index is -0.377. The molecular weight excluding hydrogens is 506 g/mol. The number of fused-ring (bicyclic) bond motifs is 2. The lowest BCUT2D eigenvalue weighted by Crippen LogP contribution is -2.17. The molecule has 3 N–H and O–H groups in total. The fourth-order valence-electron chi connectivity index (χ4n) is 3.90. The van der Waals surface area contributed by atoms with E-state index in [2.05, 4.69) is 25.5 Å². The van der Waals surface area contributed by atoms with Crippen LogP contribution in [-0.4, -0.2) is 39.0 Å². The van der Waals surface area contributed by atoms with Gasteiger partial charge in [-0.2, -0.15) is 5.10 Å². The number of nitrogens with one attached hydrogen (secondary N) is 2. The summed E-state index contributed by atoms with van der Waals surface area (Å²) in [6.07, 6.45) is 3.62. The van der Waals surface area contributed by atoms with Crippen LogP contribution in [0, 0.1) is 0 Å². The SMILES string of the molecule is O=C(N/N=C/c1ccc(OCc2csc(Cc3ccc4c(c3)OCO4)n2)cc1O)c1ccc2nc[nH]c2c1. The molecule has 2 aromatic heterocycles. The molecule has 0 bridgehead atoms. The number of carbonyl (C=O) groups excluding carboxylic acids is 1. The number of rotatable bonds is 8. The van der Waals surface area contributed by atoms with E-state index in [9.17, 15) is 9.90 Å². The van der Waals surface area contributed by atoms with Crippen molar-refractivity contribution < 1.29 is 24.1 Å². The van der Waals surface area contributed by atoms with Crippen LogP contribution in [-0.2, 0) is 13.0 Å². The standard InChI is InChI=1S/C27H21N5O5S/c33-23-10-20(4-2-18(23)11-30-32-27(34)17-3-5-21-22(9-17)29-14-28-21)35-12-19-13-38-26(31-19)8-16-1-6-24-25(7-16)37-15-36-24/h1-7,9-11,13-14,33H,8,12,15H2,(H,28,29)(H,32,34)/b30-11+. The molecular formula is C27H21N5O5S. The minimum Gasteiger partial charge on any atom is -0.507 e. The number of hydrogen-bond donors (Lipinski definition) is 3. The summed E-state index contributed by atoms with van der Waals surface area (Å²) < 4.78 is 16.6. The van der Waals surface area contributed by atoms with Crippen LogP contribution in [0.3, 0.4) is 0 Å². The number of benzene rings is 3. The van der Waals surface area contributed by atoms with Gasteiger partial charge in [-0.1, -0.05) is 6.07 Å². The molecule has 0 fully saturated rings. The number of hydrazone groups is 1. The van der Waals surface area contributed by atoms with Gasteiger partial charge >= 0.3 is 0 Å². The minimum absolute atomic E-state index is 0.0267. The Morgan fingerprint density at radius 3 is 3.00 bits per heavy atom. The second-order valence-corrected chi connectivity index (χ2v) is 9.38. The molecule has 190 valence electrons. The van der Waals surface area contributed by atoms with E-state index in [0.29, 0.717) is 23.3 Å². The molecule has 1 amide bonds. The van der Waals surface area contributed by atoms with E-state index < -0.39 is 0 Å². The van der Waals surface area contributed by atoms with Gasteiger partial charge in [0.05, 0.1) is 34.3 Å². The van der Waals surface area contributed by atoms with Gasteiger partial charge < -0.3 is 24.3 Å². The maximum atomic E-state index is 12.4. The van der Waals surface area contributed by atoms with E-state index >= 15 is 0 Å². The van der Waals surface area contributed by atoms with Gasteiger partial charge in [-0.3, -0.25) is 4.79 Å². The van der Waals surface area contributed by atoms with Gasteiger partial charge in [0.2, 0.25) is 6.79 Å². The van der Waals surface area contributed by atoms with Crippen molar-refractivity contribution >= 4 is 34.5 Å². The molecule has 3 aromatic carbocycles. The third-order valence-corrected chi connectivity index (χ3v) is 6.73. The number of carbonyl (C=O) groups is 1. The molecule has 6 rings (SSSR count). The Balaban J connectivity index is 1.02. The van der Waals surface area contributed by atoms with Crippen molar-refractivity contribution in [2.75, 3.05) is 6.79 Å². The maximum Gasteiger partial charge on any atom is 0.271 e. The van der Waals surface area contributed by atoms with Crippen molar-refractivity contribution in [3.8, 4) is 23.0 Å². The van der Waals surface area contributed by atoms with Crippen LogP contribution >= 0.6 is 11.3 Å². The first-order chi connectivity index (χ1) is 18.6. The van der Waals surface area contributed by atoms with Gasteiger partial charge in [0.1, 0.15) is 18.1 Å². The summed E-state index contributed by atoms with van der Waals surface area (Å²) >= 11 is 1.56. The average molecular weight is 528 g/mol.